The van der Waals surface area contributed by atoms with Gasteiger partial charge in [0.15, 0.2) is 0 Å². The fraction of sp³-hybridized carbons (Fsp3) is 0.581. The van der Waals surface area contributed by atoms with Crippen LogP contribution in [-0.4, -0.2) is 84.3 Å². The van der Waals surface area contributed by atoms with Crippen molar-refractivity contribution in [3.05, 3.63) is 48.0 Å². The van der Waals surface area contributed by atoms with E-state index in [1.165, 1.54) is 0 Å². The lowest BCUT2D eigenvalue weighted by Crippen LogP contribution is -2.62. The molecule has 0 aliphatic carbocycles. The van der Waals surface area contributed by atoms with Gasteiger partial charge < -0.3 is 25.8 Å². The second-order valence-corrected chi connectivity index (χ2v) is 11.5. The summed E-state index contributed by atoms with van der Waals surface area (Å²) < 4.78 is 5.74. The third kappa shape index (κ3) is 8.57. The molecule has 0 spiro atoms. The summed E-state index contributed by atoms with van der Waals surface area (Å²) in [5, 5.41) is 21.7. The molecule has 3 amide bonds. The van der Waals surface area contributed by atoms with Crippen LogP contribution in [0.15, 0.2) is 42.5 Å². The highest BCUT2D eigenvalue weighted by molar-refractivity contribution is 6.05. The van der Waals surface area contributed by atoms with Gasteiger partial charge in [-0.1, -0.05) is 56.3 Å². The molecule has 3 rings (SSSR count). The molecule has 1 saturated heterocycles. The second kappa shape index (κ2) is 14.7. The number of aliphatic hydroxyl groups is 1. The molecule has 3 atom stereocenters. The van der Waals surface area contributed by atoms with Crippen LogP contribution < -0.4 is 16.0 Å². The molecular weight excluding hydrogens is 508 g/mol. The maximum Gasteiger partial charge on any atom is 0.261 e. The number of hydrogen-bond acceptors (Lipinski definition) is 7. The number of carbonyl (C=O) groups is 3. The van der Waals surface area contributed by atoms with Gasteiger partial charge in [-0.3, -0.25) is 19.3 Å². The Morgan fingerprint density at radius 1 is 1.10 bits per heavy atom. The Morgan fingerprint density at radius 3 is 2.48 bits per heavy atom. The first-order valence-electron chi connectivity index (χ1n) is 14.4. The van der Waals surface area contributed by atoms with Crippen LogP contribution in [0.1, 0.15) is 53.0 Å². The van der Waals surface area contributed by atoms with Gasteiger partial charge in [-0.25, -0.2) is 0 Å². The molecule has 0 saturated carbocycles. The van der Waals surface area contributed by atoms with Gasteiger partial charge in [0, 0.05) is 26.1 Å². The number of rotatable bonds is 14. The molecule has 1 heterocycles. The Kier molecular flexibility index (Phi) is 11.6. The van der Waals surface area contributed by atoms with Crippen molar-refractivity contribution in [3.8, 4) is 0 Å². The lowest BCUT2D eigenvalue weighted by atomic mass is 9.97. The predicted molar refractivity (Wildman–Crippen MR) is 157 cm³/mol. The van der Waals surface area contributed by atoms with Crippen LogP contribution in [0.3, 0.4) is 0 Å². The average molecular weight is 555 g/mol. The Hall–Kier alpha value is -2.85. The first-order valence-corrected chi connectivity index (χ1v) is 14.4. The fourth-order valence-corrected chi connectivity index (χ4v) is 5.01. The molecule has 1 aliphatic rings. The third-order valence-electron chi connectivity index (χ3n) is 7.14. The van der Waals surface area contributed by atoms with Crippen molar-refractivity contribution in [2.45, 2.75) is 77.7 Å². The normalized spacial score (nSPS) is 17.1. The van der Waals surface area contributed by atoms with Gasteiger partial charge in [0.05, 0.1) is 12.1 Å². The highest BCUT2D eigenvalue weighted by Crippen LogP contribution is 2.23. The Morgan fingerprint density at radius 2 is 1.82 bits per heavy atom. The van der Waals surface area contributed by atoms with Crippen molar-refractivity contribution in [2.75, 3.05) is 32.8 Å². The average Bonchev–Trinajstić information content (AvgIpc) is 3.46. The molecule has 9 heteroatoms. The van der Waals surface area contributed by atoms with Gasteiger partial charge in [-0.05, 0) is 69.0 Å². The minimum Gasteiger partial charge on any atom is -0.390 e. The van der Waals surface area contributed by atoms with Crippen molar-refractivity contribution < 1.29 is 24.2 Å². The molecule has 9 nitrogen and oxygen atoms in total. The van der Waals surface area contributed by atoms with E-state index in [0.717, 1.165) is 34.2 Å². The predicted octanol–water partition coefficient (Wildman–Crippen LogP) is 2.40. The molecule has 4 N–H and O–H groups in total. The van der Waals surface area contributed by atoms with E-state index in [9.17, 15) is 19.5 Å². The zero-order valence-electron chi connectivity index (χ0n) is 24.5. The first kappa shape index (κ1) is 31.7. The molecule has 40 heavy (non-hydrogen) atoms. The van der Waals surface area contributed by atoms with E-state index >= 15 is 0 Å². The molecule has 220 valence electrons. The van der Waals surface area contributed by atoms with Crippen molar-refractivity contribution in [1.82, 2.24) is 20.9 Å². The van der Waals surface area contributed by atoms with Crippen LogP contribution in [0, 0.1) is 5.92 Å². The van der Waals surface area contributed by atoms with Gasteiger partial charge in [0.1, 0.15) is 11.6 Å². The lowest BCUT2D eigenvalue weighted by molar-refractivity contribution is -0.166. The second-order valence-electron chi connectivity index (χ2n) is 11.5. The molecule has 1 aliphatic heterocycles. The molecule has 0 aromatic heterocycles. The Bertz CT molecular complexity index is 1150. The van der Waals surface area contributed by atoms with Crippen molar-refractivity contribution in [1.29, 1.82) is 0 Å². The van der Waals surface area contributed by atoms with Crippen molar-refractivity contribution in [3.63, 3.8) is 0 Å². The van der Waals surface area contributed by atoms with E-state index in [1.54, 1.807) is 20.8 Å². The number of benzene rings is 2. The van der Waals surface area contributed by atoms with Gasteiger partial charge >= 0.3 is 0 Å². The molecule has 0 radical (unpaired) electrons. The van der Waals surface area contributed by atoms with Crippen LogP contribution in [0.25, 0.3) is 10.8 Å². The van der Waals surface area contributed by atoms with Crippen LogP contribution in [0.5, 0.6) is 0 Å². The number of carbonyl (C=O) groups excluding carboxylic acids is 3. The zero-order chi connectivity index (χ0) is 29.3. The third-order valence-corrected chi connectivity index (χ3v) is 7.14. The summed E-state index contributed by atoms with van der Waals surface area (Å²) in [7, 11) is 0. The summed E-state index contributed by atoms with van der Waals surface area (Å²) >= 11 is 0. The van der Waals surface area contributed by atoms with Gasteiger partial charge in [0.2, 0.25) is 11.8 Å². The molecular formula is C31H46N4O5. The van der Waals surface area contributed by atoms with Crippen LogP contribution in [0.2, 0.25) is 0 Å². The number of imide groups is 1. The van der Waals surface area contributed by atoms with Crippen LogP contribution >= 0.6 is 0 Å². The number of fused-ring (bicyclic) bond motifs is 1. The van der Waals surface area contributed by atoms with Gasteiger partial charge in [0.25, 0.3) is 5.91 Å². The monoisotopic (exact) mass is 554 g/mol. The molecule has 1 fully saturated rings. The van der Waals surface area contributed by atoms with E-state index in [1.807, 2.05) is 42.5 Å². The highest BCUT2D eigenvalue weighted by Gasteiger charge is 2.44. The topological polar surface area (TPSA) is 120 Å². The summed E-state index contributed by atoms with van der Waals surface area (Å²) in [6, 6.07) is 12.1. The summed E-state index contributed by atoms with van der Waals surface area (Å²) in [4.78, 5) is 42.7. The van der Waals surface area contributed by atoms with Crippen LogP contribution in [0.4, 0.5) is 0 Å². The summed E-state index contributed by atoms with van der Waals surface area (Å²) in [5.74, 6) is -1.07. The van der Waals surface area contributed by atoms with Gasteiger partial charge in [-0.15, -0.1) is 0 Å². The van der Waals surface area contributed by atoms with E-state index in [0.29, 0.717) is 25.4 Å². The summed E-state index contributed by atoms with van der Waals surface area (Å²) in [6.45, 7) is 11.2. The SMILES string of the molecule is CCOC(C)(C)C(=O)N(C(=O)[C@@H]1CCCN1)[C@H](Cc1ccc2ccccc2c1)C(=O)NCC(O)CNCC(C)C. The van der Waals surface area contributed by atoms with Crippen molar-refractivity contribution >= 4 is 28.5 Å². The number of nitrogens with zero attached hydrogens (tertiary/aromatic N) is 1. The standard InChI is InChI=1S/C31H46N4O5/c1-6-40-31(4,5)30(39)35(29(38)26-12-9-15-33-26)27(28(37)34-20-25(36)19-32-18-21(2)3)17-22-13-14-23-10-7-8-11-24(23)16-22/h7-8,10-11,13-14,16,21,25-27,32-33,36H,6,9,12,15,17-20H2,1-5H3,(H,34,37)/t25?,26-,27+/m0/s1. The van der Waals surface area contributed by atoms with E-state index in [4.69, 9.17) is 4.74 Å². The van der Waals surface area contributed by atoms with Crippen LogP contribution in [-0.2, 0) is 25.5 Å². The number of nitrogens with one attached hydrogen (secondary N) is 3. The fourth-order valence-electron chi connectivity index (χ4n) is 5.01. The van der Waals surface area contributed by atoms with Gasteiger partial charge in [-0.2, -0.15) is 0 Å². The largest absolute Gasteiger partial charge is 0.390 e. The number of hydrogen-bond donors (Lipinski definition) is 4. The molecule has 0 bridgehead atoms. The Labute approximate surface area is 238 Å². The maximum absolute atomic E-state index is 14.0. The number of amides is 3. The lowest BCUT2D eigenvalue weighted by Gasteiger charge is -2.36. The molecule has 2 aromatic carbocycles. The highest BCUT2D eigenvalue weighted by atomic mass is 16.5. The quantitative estimate of drug-likeness (QED) is 0.283. The minimum absolute atomic E-state index is 0.00903. The Balaban J connectivity index is 1.94. The summed E-state index contributed by atoms with van der Waals surface area (Å²) in [6.07, 6.45) is 0.706. The zero-order valence-corrected chi connectivity index (χ0v) is 24.5. The van der Waals surface area contributed by atoms with E-state index < -0.39 is 41.5 Å². The first-order chi connectivity index (χ1) is 19.0. The minimum atomic E-state index is -1.31. The maximum atomic E-state index is 14.0. The van der Waals surface area contributed by atoms with Crippen molar-refractivity contribution in [2.24, 2.45) is 5.92 Å². The van der Waals surface area contributed by atoms with E-state index in [2.05, 4.69) is 29.8 Å². The smallest absolute Gasteiger partial charge is 0.261 e. The summed E-state index contributed by atoms with van der Waals surface area (Å²) in [5.41, 5.74) is -0.497. The molecule has 1 unspecified atom stereocenters. The van der Waals surface area contributed by atoms with E-state index in [-0.39, 0.29) is 19.6 Å². The molecule has 2 aromatic rings. The number of aliphatic hydroxyl groups excluding tert-OH is 1. The number of ether oxygens (including phenoxy) is 1.